The van der Waals surface area contributed by atoms with Crippen LogP contribution in [-0.4, -0.2) is 49.3 Å². The highest BCUT2D eigenvalue weighted by atomic mass is 16.7. The van der Waals surface area contributed by atoms with E-state index in [-0.39, 0.29) is 19.1 Å². The first-order valence-corrected chi connectivity index (χ1v) is 13.7. The summed E-state index contributed by atoms with van der Waals surface area (Å²) in [6.45, 7) is 8.14. The highest BCUT2D eigenvalue weighted by molar-refractivity contribution is 6.56. The van der Waals surface area contributed by atoms with E-state index in [0.29, 0.717) is 16.7 Å². The van der Waals surface area contributed by atoms with E-state index in [0.717, 1.165) is 27.8 Å². The molecule has 3 aromatic carbocycles. The number of fused-ring (bicyclic) bond motifs is 4. The van der Waals surface area contributed by atoms with E-state index < -0.39 is 36.1 Å². The van der Waals surface area contributed by atoms with E-state index >= 15 is 0 Å². The van der Waals surface area contributed by atoms with Gasteiger partial charge in [0.05, 0.1) is 22.5 Å². The molecule has 0 radical (unpaired) electrons. The molecule has 3 aromatic rings. The quantitative estimate of drug-likeness (QED) is 0.316. The number of anilines is 1. The van der Waals surface area contributed by atoms with E-state index in [4.69, 9.17) is 14.0 Å². The predicted molar refractivity (Wildman–Crippen MR) is 157 cm³/mol. The molecule has 2 heterocycles. The van der Waals surface area contributed by atoms with Crippen LogP contribution in [0.3, 0.4) is 0 Å². The molecule has 1 aliphatic carbocycles. The number of nitrogens with one attached hydrogen (secondary N) is 2. The van der Waals surface area contributed by atoms with Gasteiger partial charge in [0.25, 0.3) is 11.7 Å². The number of alkyl carbamates (subject to hydrolysis) is 1. The Morgan fingerprint density at radius 2 is 1.54 bits per heavy atom. The Balaban J connectivity index is 1.19. The standard InChI is InChI=1S/C32H31BN2O6/c1-31(2)32(3,4)41-33(40-31)20(15-19-13-14-25-27(16-19)35-29(37)28(25)36)17-34-30(38)39-18-26-23-11-7-5-9-21(23)22-10-6-8-12-24(22)26/h5-16,26H,17-18H2,1-4H3,(H,34,38)(H,35,36,37). The Labute approximate surface area is 239 Å². The average Bonchev–Trinajstić information content (AvgIpc) is 3.50. The van der Waals surface area contributed by atoms with E-state index in [1.165, 1.54) is 0 Å². The van der Waals surface area contributed by atoms with Crippen LogP contribution in [0.15, 0.2) is 72.2 Å². The molecule has 6 rings (SSSR count). The summed E-state index contributed by atoms with van der Waals surface area (Å²) in [6.07, 6.45) is 1.28. The van der Waals surface area contributed by atoms with Gasteiger partial charge in [-0.1, -0.05) is 60.7 Å². The number of carbonyl (C=O) groups excluding carboxylic acids is 3. The summed E-state index contributed by atoms with van der Waals surface area (Å²) in [7, 11) is -0.724. The van der Waals surface area contributed by atoms with Gasteiger partial charge in [0.15, 0.2) is 0 Å². The number of Topliss-reactive ketones (excluding diaryl/α,β-unsaturated/α-hetero) is 1. The Bertz CT molecular complexity index is 1550. The first-order chi connectivity index (χ1) is 19.5. The van der Waals surface area contributed by atoms with Crippen LogP contribution in [0.5, 0.6) is 0 Å². The topological polar surface area (TPSA) is 103 Å². The summed E-state index contributed by atoms with van der Waals surface area (Å²) in [6, 6.07) is 21.4. The van der Waals surface area contributed by atoms with Crippen molar-refractivity contribution in [2.45, 2.75) is 44.8 Å². The van der Waals surface area contributed by atoms with Gasteiger partial charge < -0.3 is 24.7 Å². The van der Waals surface area contributed by atoms with Gasteiger partial charge in [-0.15, -0.1) is 0 Å². The Morgan fingerprint density at radius 3 is 2.17 bits per heavy atom. The number of amides is 2. The summed E-state index contributed by atoms with van der Waals surface area (Å²) in [4.78, 5) is 36.8. The molecule has 0 atom stereocenters. The van der Waals surface area contributed by atoms with Crippen LogP contribution in [0.1, 0.15) is 60.7 Å². The highest BCUT2D eigenvalue weighted by Crippen LogP contribution is 2.44. The number of hydrogen-bond donors (Lipinski definition) is 2. The van der Waals surface area contributed by atoms with Crippen LogP contribution in [-0.2, 0) is 18.8 Å². The molecule has 0 saturated carbocycles. The minimum atomic E-state index is -0.724. The molecule has 2 aliphatic heterocycles. The largest absolute Gasteiger partial charge is 0.492 e. The number of ketones is 1. The lowest BCUT2D eigenvalue weighted by molar-refractivity contribution is -0.112. The van der Waals surface area contributed by atoms with Crippen molar-refractivity contribution < 1.29 is 28.4 Å². The van der Waals surface area contributed by atoms with Crippen LogP contribution in [0.4, 0.5) is 10.5 Å². The third-order valence-corrected chi connectivity index (χ3v) is 8.43. The maximum Gasteiger partial charge on any atom is 0.492 e. The van der Waals surface area contributed by atoms with Crippen molar-refractivity contribution in [1.82, 2.24) is 5.32 Å². The van der Waals surface area contributed by atoms with Gasteiger partial charge in [-0.25, -0.2) is 4.79 Å². The summed E-state index contributed by atoms with van der Waals surface area (Å²) in [5.41, 5.74) is 5.60. The molecule has 41 heavy (non-hydrogen) atoms. The van der Waals surface area contributed by atoms with Crippen molar-refractivity contribution in [2.75, 3.05) is 18.5 Å². The van der Waals surface area contributed by atoms with Crippen LogP contribution in [0.25, 0.3) is 17.2 Å². The molecule has 0 bridgehead atoms. The monoisotopic (exact) mass is 550 g/mol. The minimum absolute atomic E-state index is 0.0457. The lowest BCUT2D eigenvalue weighted by Crippen LogP contribution is -2.41. The second-order valence-electron chi connectivity index (χ2n) is 11.6. The van der Waals surface area contributed by atoms with Crippen LogP contribution >= 0.6 is 0 Å². The predicted octanol–water partition coefficient (Wildman–Crippen LogP) is 5.37. The minimum Gasteiger partial charge on any atom is -0.449 e. The molecule has 2 amide bonds. The number of hydrogen-bond acceptors (Lipinski definition) is 6. The SMILES string of the molecule is CC1(C)OB(C(=Cc2ccc3c(c2)NC(=O)C3=O)CNC(=O)OCC2c3ccccc3-c3ccccc32)OC1(C)C. The molecule has 0 unspecified atom stereocenters. The maximum atomic E-state index is 12.9. The molecule has 0 spiro atoms. The number of rotatable bonds is 6. The summed E-state index contributed by atoms with van der Waals surface area (Å²) >= 11 is 0. The number of carbonyl (C=O) groups is 3. The third-order valence-electron chi connectivity index (χ3n) is 8.43. The Kier molecular flexibility index (Phi) is 6.59. The fourth-order valence-electron chi connectivity index (χ4n) is 5.49. The van der Waals surface area contributed by atoms with Crippen LogP contribution < -0.4 is 10.6 Å². The molecular formula is C32H31BN2O6. The van der Waals surface area contributed by atoms with Gasteiger partial charge in [-0.3, -0.25) is 9.59 Å². The van der Waals surface area contributed by atoms with E-state index in [1.807, 2.05) is 58.0 Å². The van der Waals surface area contributed by atoms with E-state index in [1.54, 1.807) is 18.2 Å². The van der Waals surface area contributed by atoms with Gasteiger partial charge in [0.2, 0.25) is 0 Å². The zero-order valence-electron chi connectivity index (χ0n) is 23.4. The summed E-state index contributed by atoms with van der Waals surface area (Å²) in [5, 5.41) is 5.45. The normalized spacial score (nSPS) is 18.5. The molecule has 2 N–H and O–H groups in total. The smallest absolute Gasteiger partial charge is 0.449 e. The maximum absolute atomic E-state index is 12.9. The zero-order valence-corrected chi connectivity index (χ0v) is 23.4. The van der Waals surface area contributed by atoms with Gasteiger partial charge in [-0.2, -0.15) is 0 Å². The highest BCUT2D eigenvalue weighted by Gasteiger charge is 2.52. The fraction of sp³-hybridized carbons (Fsp3) is 0.281. The number of benzene rings is 3. The van der Waals surface area contributed by atoms with Crippen molar-refractivity contribution in [3.8, 4) is 11.1 Å². The van der Waals surface area contributed by atoms with Gasteiger partial charge >= 0.3 is 13.2 Å². The summed E-state index contributed by atoms with van der Waals surface area (Å²) < 4.78 is 18.3. The lowest BCUT2D eigenvalue weighted by Gasteiger charge is -2.32. The Hall–Kier alpha value is -4.21. The van der Waals surface area contributed by atoms with Crippen LogP contribution in [0, 0.1) is 0 Å². The third kappa shape index (κ3) is 4.85. The Morgan fingerprint density at radius 1 is 0.927 bits per heavy atom. The van der Waals surface area contributed by atoms with Gasteiger partial charge in [-0.05, 0) is 73.1 Å². The van der Waals surface area contributed by atoms with Crippen LogP contribution in [0.2, 0.25) is 0 Å². The van der Waals surface area contributed by atoms with Crippen molar-refractivity contribution in [3.05, 3.63) is 94.5 Å². The van der Waals surface area contributed by atoms with Gasteiger partial charge in [0, 0.05) is 12.5 Å². The zero-order chi connectivity index (χ0) is 28.9. The lowest BCUT2D eigenvalue weighted by atomic mass is 9.77. The molecule has 9 heteroatoms. The van der Waals surface area contributed by atoms with Crippen molar-refractivity contribution in [2.24, 2.45) is 0 Å². The molecule has 1 saturated heterocycles. The van der Waals surface area contributed by atoms with E-state index in [2.05, 4.69) is 34.9 Å². The molecule has 3 aliphatic rings. The first-order valence-electron chi connectivity index (χ1n) is 13.7. The fourth-order valence-corrected chi connectivity index (χ4v) is 5.49. The second kappa shape index (κ2) is 10.0. The van der Waals surface area contributed by atoms with Crippen molar-refractivity contribution >= 4 is 36.7 Å². The van der Waals surface area contributed by atoms with Crippen molar-refractivity contribution in [3.63, 3.8) is 0 Å². The van der Waals surface area contributed by atoms with E-state index in [9.17, 15) is 14.4 Å². The van der Waals surface area contributed by atoms with Gasteiger partial charge in [0.1, 0.15) is 6.61 Å². The molecule has 1 fully saturated rings. The summed E-state index contributed by atoms with van der Waals surface area (Å²) in [5.74, 6) is -1.25. The number of ether oxygens (including phenoxy) is 1. The molecular weight excluding hydrogens is 519 g/mol. The van der Waals surface area contributed by atoms with Crippen molar-refractivity contribution in [1.29, 1.82) is 0 Å². The second-order valence-corrected chi connectivity index (χ2v) is 11.6. The average molecular weight is 550 g/mol. The first kappa shape index (κ1) is 27.0. The molecule has 8 nitrogen and oxygen atoms in total. The molecule has 208 valence electrons. The molecule has 0 aromatic heterocycles.